The number of fused-ring (bicyclic) bond motifs is 1. The fourth-order valence-electron chi connectivity index (χ4n) is 3.89. The van der Waals surface area contributed by atoms with Crippen LogP contribution in [0.1, 0.15) is 16.5 Å². The summed E-state index contributed by atoms with van der Waals surface area (Å²) in [6.45, 7) is 9.94. The van der Waals surface area contributed by atoms with E-state index in [0.717, 1.165) is 12.0 Å². The predicted octanol–water partition coefficient (Wildman–Crippen LogP) is 3.96. The number of hydrogen-bond donors (Lipinski definition) is 1. The van der Waals surface area contributed by atoms with Crippen molar-refractivity contribution >= 4 is 28.8 Å². The van der Waals surface area contributed by atoms with Gasteiger partial charge in [-0.25, -0.2) is 0 Å². The largest absolute Gasteiger partial charge is 0.491 e. The molecule has 2 heterocycles. The first-order valence-corrected chi connectivity index (χ1v) is 12.2. The molecule has 0 aliphatic carbocycles. The molecule has 0 fully saturated rings. The highest BCUT2D eigenvalue weighted by atomic mass is 35.5. The van der Waals surface area contributed by atoms with Gasteiger partial charge >= 0.3 is 0 Å². The van der Waals surface area contributed by atoms with Crippen molar-refractivity contribution in [1.82, 2.24) is 9.80 Å². The summed E-state index contributed by atoms with van der Waals surface area (Å²) in [5.41, 5.74) is 1.14. The zero-order chi connectivity index (χ0) is 23.6. The fourth-order valence-corrected chi connectivity index (χ4v) is 4.94. The van der Waals surface area contributed by atoms with E-state index in [0.29, 0.717) is 43.6 Å². The third-order valence-corrected chi connectivity index (χ3v) is 6.65. The van der Waals surface area contributed by atoms with E-state index in [1.54, 1.807) is 35.6 Å². The number of aliphatic hydroxyl groups is 1. The Labute approximate surface area is 204 Å². The highest BCUT2D eigenvalue weighted by Gasteiger charge is 2.33. The van der Waals surface area contributed by atoms with Crippen LogP contribution in [0.2, 0.25) is 5.02 Å². The minimum absolute atomic E-state index is 0.00221. The van der Waals surface area contributed by atoms with Crippen LogP contribution in [0.4, 0.5) is 0 Å². The number of ether oxygens (including phenoxy) is 2. The van der Waals surface area contributed by atoms with Crippen molar-refractivity contribution in [1.29, 1.82) is 0 Å². The van der Waals surface area contributed by atoms with Gasteiger partial charge in [0, 0.05) is 29.5 Å². The van der Waals surface area contributed by atoms with Gasteiger partial charge < -0.3 is 19.5 Å². The second-order valence-electron chi connectivity index (χ2n) is 7.88. The Bertz CT molecular complexity index is 917. The molecule has 3 rings (SSSR count). The number of rotatable bonds is 13. The lowest BCUT2D eigenvalue weighted by atomic mass is 10.0. The maximum Gasteiger partial charge on any atom is 0.237 e. The fraction of sp³-hybridized carbons (Fsp3) is 0.400. The molecule has 178 valence electrons. The molecule has 0 bridgehead atoms. The van der Waals surface area contributed by atoms with Crippen LogP contribution in [0.15, 0.2) is 61.0 Å². The number of amides is 1. The Hall–Kier alpha value is -2.16. The highest BCUT2D eigenvalue weighted by Crippen LogP contribution is 2.34. The van der Waals surface area contributed by atoms with Gasteiger partial charge in [-0.05, 0) is 47.7 Å². The molecule has 0 saturated heterocycles. The summed E-state index contributed by atoms with van der Waals surface area (Å²) in [7, 11) is 0. The summed E-state index contributed by atoms with van der Waals surface area (Å²) < 4.78 is 11.4. The monoisotopic (exact) mass is 490 g/mol. The molecule has 1 aromatic heterocycles. The van der Waals surface area contributed by atoms with Crippen LogP contribution in [0.3, 0.4) is 0 Å². The maximum absolute atomic E-state index is 13.4. The molecular weight excluding hydrogens is 460 g/mol. The van der Waals surface area contributed by atoms with E-state index >= 15 is 0 Å². The average Bonchev–Trinajstić information content (AvgIpc) is 3.28. The van der Waals surface area contributed by atoms with Gasteiger partial charge in [0.2, 0.25) is 5.91 Å². The normalized spacial score (nSPS) is 16.3. The van der Waals surface area contributed by atoms with Gasteiger partial charge in [-0.1, -0.05) is 23.8 Å². The summed E-state index contributed by atoms with van der Waals surface area (Å²) in [5.74, 6) is 0.711. The van der Waals surface area contributed by atoms with Gasteiger partial charge in [-0.15, -0.1) is 24.5 Å². The minimum atomic E-state index is -0.702. The summed E-state index contributed by atoms with van der Waals surface area (Å²) in [4.78, 5) is 18.4. The molecule has 0 radical (unpaired) electrons. The van der Waals surface area contributed by atoms with Gasteiger partial charge in [-0.2, -0.15) is 0 Å². The number of benzene rings is 1. The number of hydrogen-bond acceptors (Lipinski definition) is 6. The zero-order valence-electron chi connectivity index (χ0n) is 18.7. The van der Waals surface area contributed by atoms with Gasteiger partial charge in [0.25, 0.3) is 0 Å². The number of carbonyl (C=O) groups is 1. The van der Waals surface area contributed by atoms with Crippen LogP contribution in [0.5, 0.6) is 5.75 Å². The molecule has 2 unspecified atom stereocenters. The molecule has 1 aliphatic heterocycles. The van der Waals surface area contributed by atoms with Crippen molar-refractivity contribution in [3.05, 3.63) is 76.5 Å². The zero-order valence-corrected chi connectivity index (χ0v) is 20.3. The first kappa shape index (κ1) is 25.5. The smallest absolute Gasteiger partial charge is 0.237 e. The van der Waals surface area contributed by atoms with Crippen molar-refractivity contribution in [3.8, 4) is 5.75 Å². The molecular formula is C25H31ClN2O4S. The molecule has 33 heavy (non-hydrogen) atoms. The Morgan fingerprint density at radius 3 is 2.82 bits per heavy atom. The summed E-state index contributed by atoms with van der Waals surface area (Å²) in [6.07, 6.45) is 3.50. The van der Waals surface area contributed by atoms with Crippen molar-refractivity contribution in [3.63, 3.8) is 0 Å². The number of thiophene rings is 1. The SMILES string of the molecule is C=CCOCC(O)CN(CC=C)CC(=O)N1CCc2sccc2C1COc1ccc(Cl)cc1. The number of aliphatic hydroxyl groups excluding tert-OH is 1. The summed E-state index contributed by atoms with van der Waals surface area (Å²) in [5, 5.41) is 13.0. The van der Waals surface area contributed by atoms with E-state index in [1.807, 2.05) is 21.9 Å². The van der Waals surface area contributed by atoms with Crippen molar-refractivity contribution in [2.24, 2.45) is 0 Å². The van der Waals surface area contributed by atoms with Crippen LogP contribution in [-0.4, -0.2) is 72.9 Å². The molecule has 0 saturated carbocycles. The van der Waals surface area contributed by atoms with Crippen molar-refractivity contribution in [2.75, 3.05) is 46.0 Å². The Morgan fingerprint density at radius 2 is 2.09 bits per heavy atom. The van der Waals surface area contributed by atoms with Crippen LogP contribution >= 0.6 is 22.9 Å². The molecule has 1 aliphatic rings. The van der Waals surface area contributed by atoms with Crippen molar-refractivity contribution in [2.45, 2.75) is 18.6 Å². The van der Waals surface area contributed by atoms with E-state index in [9.17, 15) is 9.90 Å². The molecule has 1 N–H and O–H groups in total. The molecule has 2 atom stereocenters. The minimum Gasteiger partial charge on any atom is -0.491 e. The van der Waals surface area contributed by atoms with E-state index in [1.165, 1.54) is 4.88 Å². The lowest BCUT2D eigenvalue weighted by Crippen LogP contribution is -2.48. The molecule has 6 nitrogen and oxygen atoms in total. The lowest BCUT2D eigenvalue weighted by molar-refractivity contribution is -0.136. The number of carbonyl (C=O) groups excluding carboxylic acids is 1. The molecule has 0 spiro atoms. The second-order valence-corrected chi connectivity index (χ2v) is 9.32. The van der Waals surface area contributed by atoms with Gasteiger partial charge in [0.15, 0.2) is 0 Å². The topological polar surface area (TPSA) is 62.2 Å². The van der Waals surface area contributed by atoms with Crippen LogP contribution in [0, 0.1) is 0 Å². The van der Waals surface area contributed by atoms with Gasteiger partial charge in [0.05, 0.1) is 31.9 Å². The second kappa shape index (κ2) is 12.9. The predicted molar refractivity (Wildman–Crippen MR) is 133 cm³/mol. The third-order valence-electron chi connectivity index (χ3n) is 5.40. The van der Waals surface area contributed by atoms with Crippen LogP contribution < -0.4 is 4.74 Å². The Morgan fingerprint density at radius 1 is 1.30 bits per heavy atom. The quantitative estimate of drug-likeness (QED) is 0.340. The van der Waals surface area contributed by atoms with Crippen molar-refractivity contribution < 1.29 is 19.4 Å². The van der Waals surface area contributed by atoms with E-state index in [-0.39, 0.29) is 25.1 Å². The summed E-state index contributed by atoms with van der Waals surface area (Å²) >= 11 is 7.69. The van der Waals surface area contributed by atoms with Crippen LogP contribution in [-0.2, 0) is 16.0 Å². The van der Waals surface area contributed by atoms with Gasteiger partial charge in [0.1, 0.15) is 12.4 Å². The third kappa shape index (κ3) is 7.42. The molecule has 1 amide bonds. The van der Waals surface area contributed by atoms with Gasteiger partial charge in [-0.3, -0.25) is 9.69 Å². The van der Waals surface area contributed by atoms with E-state index < -0.39 is 6.10 Å². The highest BCUT2D eigenvalue weighted by molar-refractivity contribution is 7.10. The maximum atomic E-state index is 13.4. The standard InChI is InChI=1S/C25H31ClN2O4S/c1-3-11-27(15-20(29)17-31-13-4-2)16-25(30)28-12-9-24-22(10-14-33-24)23(28)18-32-21-7-5-19(26)6-8-21/h3-8,10,14,20,23,29H,1-2,9,11-13,15-18H2. The first-order valence-electron chi connectivity index (χ1n) is 11.0. The molecule has 8 heteroatoms. The number of halogens is 1. The Balaban J connectivity index is 1.67. The number of nitrogens with zero attached hydrogens (tertiary/aromatic N) is 2. The molecule has 1 aromatic carbocycles. The van der Waals surface area contributed by atoms with Crippen LogP contribution in [0.25, 0.3) is 0 Å². The first-order chi connectivity index (χ1) is 16.0. The Kier molecular flexibility index (Phi) is 9.96. The van der Waals surface area contributed by atoms with E-state index in [4.69, 9.17) is 21.1 Å². The lowest BCUT2D eigenvalue weighted by Gasteiger charge is -2.37. The summed E-state index contributed by atoms with van der Waals surface area (Å²) in [6, 6.07) is 9.13. The molecule has 2 aromatic rings. The van der Waals surface area contributed by atoms with E-state index in [2.05, 4.69) is 24.6 Å². The average molecular weight is 491 g/mol.